The SMILES string of the molecule is CCC/C(=C\c1ccccc1OCc1cc(Cl)ccc1C)CCNC(=O)OCC. The predicted molar refractivity (Wildman–Crippen MR) is 119 cm³/mol. The van der Waals surface area contributed by atoms with Crippen LogP contribution in [0.25, 0.3) is 6.08 Å². The highest BCUT2D eigenvalue weighted by Gasteiger charge is 2.07. The minimum absolute atomic E-state index is 0.371. The van der Waals surface area contributed by atoms with Crippen molar-refractivity contribution in [2.45, 2.75) is 46.6 Å². The van der Waals surface area contributed by atoms with Crippen LogP contribution in [-0.2, 0) is 11.3 Å². The number of carbonyl (C=O) groups is 1. The van der Waals surface area contributed by atoms with E-state index in [2.05, 4.69) is 31.3 Å². The first kappa shape index (κ1) is 22.8. The fourth-order valence-corrected chi connectivity index (χ4v) is 3.19. The summed E-state index contributed by atoms with van der Waals surface area (Å²) in [6.07, 6.45) is 4.57. The van der Waals surface area contributed by atoms with Crippen LogP contribution in [0.5, 0.6) is 5.75 Å². The molecule has 2 rings (SSSR count). The van der Waals surface area contributed by atoms with Gasteiger partial charge in [0.15, 0.2) is 0 Å². The molecule has 0 unspecified atom stereocenters. The van der Waals surface area contributed by atoms with E-state index in [9.17, 15) is 4.79 Å². The van der Waals surface area contributed by atoms with Crippen molar-refractivity contribution >= 4 is 23.8 Å². The predicted octanol–water partition coefficient (Wildman–Crippen LogP) is 6.55. The normalized spacial score (nSPS) is 11.2. The van der Waals surface area contributed by atoms with Crippen LogP contribution < -0.4 is 10.1 Å². The number of rotatable bonds is 10. The van der Waals surface area contributed by atoms with Crippen molar-refractivity contribution < 1.29 is 14.3 Å². The van der Waals surface area contributed by atoms with Crippen molar-refractivity contribution in [3.05, 3.63) is 69.8 Å². The Balaban J connectivity index is 2.09. The van der Waals surface area contributed by atoms with Gasteiger partial charge in [0.25, 0.3) is 0 Å². The molecule has 29 heavy (non-hydrogen) atoms. The molecule has 0 aliphatic carbocycles. The average molecular weight is 416 g/mol. The van der Waals surface area contributed by atoms with Gasteiger partial charge in [-0.1, -0.05) is 60.9 Å². The zero-order chi connectivity index (χ0) is 21.1. The maximum absolute atomic E-state index is 11.5. The summed E-state index contributed by atoms with van der Waals surface area (Å²) in [6, 6.07) is 13.8. The number of hydrogen-bond acceptors (Lipinski definition) is 3. The smallest absolute Gasteiger partial charge is 0.407 e. The Hall–Kier alpha value is -2.46. The molecule has 1 N–H and O–H groups in total. The molecule has 4 nitrogen and oxygen atoms in total. The summed E-state index contributed by atoms with van der Waals surface area (Å²) in [5.74, 6) is 0.832. The molecule has 1 amide bonds. The summed E-state index contributed by atoms with van der Waals surface area (Å²) in [6.45, 7) is 7.39. The van der Waals surface area contributed by atoms with Gasteiger partial charge < -0.3 is 14.8 Å². The van der Waals surface area contributed by atoms with Crippen LogP contribution >= 0.6 is 11.6 Å². The van der Waals surface area contributed by atoms with Crippen molar-refractivity contribution in [2.75, 3.05) is 13.2 Å². The maximum Gasteiger partial charge on any atom is 0.407 e. The molecule has 2 aromatic carbocycles. The molecule has 2 aromatic rings. The second-order valence-corrected chi connectivity index (χ2v) is 7.28. The Labute approximate surface area is 178 Å². The van der Waals surface area contributed by atoms with Crippen molar-refractivity contribution in [2.24, 2.45) is 0 Å². The first-order chi connectivity index (χ1) is 14.0. The van der Waals surface area contributed by atoms with Gasteiger partial charge in [-0.2, -0.15) is 0 Å². The number of nitrogens with one attached hydrogen (secondary N) is 1. The summed E-state index contributed by atoms with van der Waals surface area (Å²) in [4.78, 5) is 11.5. The van der Waals surface area contributed by atoms with Gasteiger partial charge in [-0.3, -0.25) is 0 Å². The van der Waals surface area contributed by atoms with E-state index in [-0.39, 0.29) is 6.09 Å². The third kappa shape index (κ3) is 7.82. The average Bonchev–Trinajstić information content (AvgIpc) is 2.70. The molecule has 0 heterocycles. The third-order valence-electron chi connectivity index (χ3n) is 4.53. The van der Waals surface area contributed by atoms with E-state index in [0.717, 1.165) is 41.7 Å². The Morgan fingerprint density at radius 3 is 2.69 bits per heavy atom. The lowest BCUT2D eigenvalue weighted by Gasteiger charge is -2.13. The van der Waals surface area contributed by atoms with Crippen LogP contribution in [0.4, 0.5) is 4.79 Å². The molecule has 0 fully saturated rings. The number of para-hydroxylation sites is 1. The van der Waals surface area contributed by atoms with Gasteiger partial charge in [0.2, 0.25) is 0 Å². The quantitative estimate of drug-likeness (QED) is 0.478. The van der Waals surface area contributed by atoms with Crippen molar-refractivity contribution in [1.29, 1.82) is 0 Å². The van der Waals surface area contributed by atoms with Crippen LogP contribution in [0.15, 0.2) is 48.0 Å². The van der Waals surface area contributed by atoms with Crippen LogP contribution in [0.1, 0.15) is 49.8 Å². The topological polar surface area (TPSA) is 47.6 Å². The molecule has 0 aliphatic rings. The van der Waals surface area contributed by atoms with E-state index >= 15 is 0 Å². The molecule has 0 aromatic heterocycles. The van der Waals surface area contributed by atoms with Gasteiger partial charge in [0, 0.05) is 17.1 Å². The maximum atomic E-state index is 11.5. The molecule has 5 heteroatoms. The molecular formula is C24H30ClNO3. The molecule has 0 bridgehead atoms. The van der Waals surface area contributed by atoms with Crippen molar-refractivity contribution in [1.82, 2.24) is 5.32 Å². The summed E-state index contributed by atoms with van der Waals surface area (Å²) < 4.78 is 11.0. The van der Waals surface area contributed by atoms with Gasteiger partial charge in [-0.05, 0) is 56.0 Å². The van der Waals surface area contributed by atoms with Crippen LogP contribution in [-0.4, -0.2) is 19.2 Å². The van der Waals surface area contributed by atoms with Crippen molar-refractivity contribution in [3.8, 4) is 5.75 Å². The summed E-state index contributed by atoms with van der Waals surface area (Å²) in [5, 5.41) is 3.50. The molecule has 0 spiro atoms. The Morgan fingerprint density at radius 2 is 1.93 bits per heavy atom. The Bertz CT molecular complexity index is 833. The minimum atomic E-state index is -0.371. The van der Waals surface area contributed by atoms with E-state index in [0.29, 0.717) is 24.8 Å². The number of amides is 1. The monoisotopic (exact) mass is 415 g/mol. The fourth-order valence-electron chi connectivity index (χ4n) is 3.00. The fraction of sp³-hybridized carbons (Fsp3) is 0.375. The van der Waals surface area contributed by atoms with Crippen LogP contribution in [0, 0.1) is 6.92 Å². The largest absolute Gasteiger partial charge is 0.488 e. The Kier molecular flexibility index (Phi) is 9.58. The zero-order valence-corrected chi connectivity index (χ0v) is 18.2. The van der Waals surface area contributed by atoms with E-state index in [4.69, 9.17) is 21.1 Å². The number of carbonyl (C=O) groups excluding carboxylic acids is 1. The second kappa shape index (κ2) is 12.2. The molecule has 0 radical (unpaired) electrons. The zero-order valence-electron chi connectivity index (χ0n) is 17.5. The van der Waals surface area contributed by atoms with Gasteiger partial charge >= 0.3 is 6.09 Å². The summed E-state index contributed by atoms with van der Waals surface area (Å²) >= 11 is 6.12. The Morgan fingerprint density at radius 1 is 1.14 bits per heavy atom. The lowest BCUT2D eigenvalue weighted by Crippen LogP contribution is -2.25. The van der Waals surface area contributed by atoms with Gasteiger partial charge in [0.05, 0.1) is 6.61 Å². The number of halogens is 1. The number of alkyl carbamates (subject to hydrolysis) is 1. The number of aryl methyl sites for hydroxylation is 1. The highest BCUT2D eigenvalue weighted by molar-refractivity contribution is 6.30. The lowest BCUT2D eigenvalue weighted by molar-refractivity contribution is 0.152. The second-order valence-electron chi connectivity index (χ2n) is 6.85. The standard InChI is InChI=1S/C24H30ClNO3/c1-4-8-19(13-14-26-24(27)28-5-2)15-20-9-6-7-10-23(20)29-17-21-16-22(25)12-11-18(21)3/h6-7,9-12,15-16H,4-5,8,13-14,17H2,1-3H3,(H,26,27)/b19-15+. The third-order valence-corrected chi connectivity index (χ3v) is 4.77. The highest BCUT2D eigenvalue weighted by atomic mass is 35.5. The molecule has 0 aliphatic heterocycles. The first-order valence-corrected chi connectivity index (χ1v) is 10.5. The molecule has 0 atom stereocenters. The van der Waals surface area contributed by atoms with Crippen molar-refractivity contribution in [3.63, 3.8) is 0 Å². The number of hydrogen-bond donors (Lipinski definition) is 1. The summed E-state index contributed by atoms with van der Waals surface area (Å²) in [5.41, 5.74) is 4.52. The highest BCUT2D eigenvalue weighted by Crippen LogP contribution is 2.25. The molecular weight excluding hydrogens is 386 g/mol. The van der Waals surface area contributed by atoms with E-state index in [1.807, 2.05) is 36.4 Å². The van der Waals surface area contributed by atoms with E-state index < -0.39 is 0 Å². The lowest BCUT2D eigenvalue weighted by atomic mass is 10.0. The van der Waals surface area contributed by atoms with Gasteiger partial charge in [-0.25, -0.2) is 4.79 Å². The minimum Gasteiger partial charge on any atom is -0.488 e. The number of benzene rings is 2. The van der Waals surface area contributed by atoms with Gasteiger partial charge in [0.1, 0.15) is 12.4 Å². The van der Waals surface area contributed by atoms with Crippen LogP contribution in [0.2, 0.25) is 5.02 Å². The van der Waals surface area contributed by atoms with Gasteiger partial charge in [-0.15, -0.1) is 0 Å². The van der Waals surface area contributed by atoms with E-state index in [1.54, 1.807) is 6.92 Å². The molecule has 156 valence electrons. The number of ether oxygens (including phenoxy) is 2. The van der Waals surface area contributed by atoms with Crippen LogP contribution in [0.3, 0.4) is 0 Å². The summed E-state index contributed by atoms with van der Waals surface area (Å²) in [7, 11) is 0. The molecule has 0 saturated heterocycles. The molecule has 0 saturated carbocycles. The first-order valence-electron chi connectivity index (χ1n) is 10.1. The van der Waals surface area contributed by atoms with E-state index in [1.165, 1.54) is 5.57 Å².